The molecule has 6 nitrogen and oxygen atoms in total. The first-order valence-electron chi connectivity index (χ1n) is 9.42. The van der Waals surface area contributed by atoms with Gasteiger partial charge in [-0.05, 0) is 38.3 Å². The van der Waals surface area contributed by atoms with Crippen molar-refractivity contribution in [3.05, 3.63) is 58.5 Å². The van der Waals surface area contributed by atoms with Crippen molar-refractivity contribution in [3.8, 4) is 0 Å². The molecular formula is C20H24N6S. The van der Waals surface area contributed by atoms with E-state index in [0.717, 1.165) is 47.6 Å². The number of rotatable bonds is 6. The molecule has 2 aromatic heterocycles. The Kier molecular flexibility index (Phi) is 5.40. The van der Waals surface area contributed by atoms with E-state index in [1.54, 1.807) is 17.5 Å². The predicted molar refractivity (Wildman–Crippen MR) is 108 cm³/mol. The molecule has 27 heavy (non-hydrogen) atoms. The second kappa shape index (κ2) is 8.10. The first-order valence-corrected chi connectivity index (χ1v) is 10.2. The number of benzene rings is 1. The summed E-state index contributed by atoms with van der Waals surface area (Å²) in [5.74, 6) is 0.730. The number of aryl methyl sites for hydroxylation is 2. The maximum atomic E-state index is 4.82. The van der Waals surface area contributed by atoms with E-state index in [4.69, 9.17) is 4.98 Å². The van der Waals surface area contributed by atoms with Crippen LogP contribution in [-0.4, -0.2) is 31.6 Å². The lowest BCUT2D eigenvalue weighted by Crippen LogP contribution is -2.23. The topological polar surface area (TPSA) is 66.8 Å². The Morgan fingerprint density at radius 2 is 2.19 bits per heavy atom. The van der Waals surface area contributed by atoms with Gasteiger partial charge >= 0.3 is 0 Å². The van der Waals surface area contributed by atoms with Gasteiger partial charge in [-0.25, -0.2) is 4.98 Å². The Morgan fingerprint density at radius 1 is 1.26 bits per heavy atom. The molecule has 0 amide bonds. The molecule has 1 atom stereocenters. The molecule has 7 heteroatoms. The maximum absolute atomic E-state index is 4.82. The minimum atomic E-state index is 0.306. The first-order chi connectivity index (χ1) is 13.2. The van der Waals surface area contributed by atoms with Gasteiger partial charge in [-0.3, -0.25) is 9.88 Å². The van der Waals surface area contributed by atoms with Gasteiger partial charge in [-0.1, -0.05) is 48.1 Å². The van der Waals surface area contributed by atoms with Crippen LogP contribution in [0.1, 0.15) is 47.6 Å². The highest BCUT2D eigenvalue weighted by Crippen LogP contribution is 2.32. The normalized spacial score (nSPS) is 17.3. The van der Waals surface area contributed by atoms with Crippen molar-refractivity contribution in [2.24, 2.45) is 0 Å². The van der Waals surface area contributed by atoms with E-state index in [1.165, 1.54) is 17.5 Å². The average molecular weight is 381 g/mol. The van der Waals surface area contributed by atoms with Gasteiger partial charge in [0.1, 0.15) is 5.01 Å². The summed E-state index contributed by atoms with van der Waals surface area (Å²) < 4.78 is 0. The molecule has 1 aromatic carbocycles. The van der Waals surface area contributed by atoms with Crippen molar-refractivity contribution in [2.75, 3.05) is 11.9 Å². The van der Waals surface area contributed by atoms with Crippen LogP contribution in [0.3, 0.4) is 0 Å². The summed E-state index contributed by atoms with van der Waals surface area (Å²) in [7, 11) is 0. The van der Waals surface area contributed by atoms with Crippen LogP contribution < -0.4 is 5.32 Å². The van der Waals surface area contributed by atoms with Crippen LogP contribution in [0.4, 0.5) is 10.9 Å². The van der Waals surface area contributed by atoms with Crippen LogP contribution in [0.5, 0.6) is 0 Å². The largest absolute Gasteiger partial charge is 0.313 e. The standard InChI is InChI=1S/C20H24N6S/c1-3-19-24-25-20(27-19)23-18-12-21-11-16(22-18)17-8-5-9-26(17)13-15-7-4-6-14(2)10-15/h4,6-7,10-12,17H,3,5,8-9,13H2,1-2H3,(H,22,23,25)/t17-/m1/s1. The van der Waals surface area contributed by atoms with Gasteiger partial charge in [0.2, 0.25) is 5.13 Å². The maximum Gasteiger partial charge on any atom is 0.211 e. The van der Waals surface area contributed by atoms with Crippen molar-refractivity contribution in [1.82, 2.24) is 25.1 Å². The van der Waals surface area contributed by atoms with Crippen LogP contribution in [0.25, 0.3) is 0 Å². The fraction of sp³-hybridized carbons (Fsp3) is 0.400. The molecule has 1 aliphatic heterocycles. The van der Waals surface area contributed by atoms with E-state index < -0.39 is 0 Å². The van der Waals surface area contributed by atoms with Gasteiger partial charge in [0.25, 0.3) is 0 Å². The van der Waals surface area contributed by atoms with Gasteiger partial charge in [-0.15, -0.1) is 10.2 Å². The van der Waals surface area contributed by atoms with Gasteiger partial charge in [-0.2, -0.15) is 0 Å². The third-order valence-corrected chi connectivity index (χ3v) is 5.81. The Morgan fingerprint density at radius 3 is 3.00 bits per heavy atom. The third-order valence-electron chi connectivity index (χ3n) is 4.83. The Bertz CT molecular complexity index is 909. The zero-order valence-electron chi connectivity index (χ0n) is 15.7. The number of hydrogen-bond acceptors (Lipinski definition) is 7. The molecule has 4 rings (SSSR count). The summed E-state index contributed by atoms with van der Waals surface area (Å²) in [4.78, 5) is 11.7. The predicted octanol–water partition coefficient (Wildman–Crippen LogP) is 4.28. The minimum Gasteiger partial charge on any atom is -0.313 e. The summed E-state index contributed by atoms with van der Waals surface area (Å²) >= 11 is 1.56. The van der Waals surface area contributed by atoms with E-state index in [-0.39, 0.29) is 0 Å². The summed E-state index contributed by atoms with van der Waals surface area (Å²) in [5, 5.41) is 13.3. The highest BCUT2D eigenvalue weighted by Gasteiger charge is 2.27. The average Bonchev–Trinajstić information content (AvgIpc) is 3.31. The number of aromatic nitrogens is 4. The van der Waals surface area contributed by atoms with Crippen molar-refractivity contribution in [1.29, 1.82) is 0 Å². The Labute approximate surface area is 163 Å². The first kappa shape index (κ1) is 18.0. The lowest BCUT2D eigenvalue weighted by atomic mass is 10.1. The molecule has 3 heterocycles. The van der Waals surface area contributed by atoms with Crippen LogP contribution in [0.2, 0.25) is 0 Å². The molecule has 1 saturated heterocycles. The zero-order valence-corrected chi connectivity index (χ0v) is 16.5. The van der Waals surface area contributed by atoms with E-state index >= 15 is 0 Å². The molecular weight excluding hydrogens is 356 g/mol. The molecule has 0 radical (unpaired) electrons. The van der Waals surface area contributed by atoms with Crippen molar-refractivity contribution < 1.29 is 0 Å². The second-order valence-electron chi connectivity index (χ2n) is 6.93. The van der Waals surface area contributed by atoms with Crippen LogP contribution >= 0.6 is 11.3 Å². The van der Waals surface area contributed by atoms with E-state index in [9.17, 15) is 0 Å². The molecule has 3 aromatic rings. The fourth-order valence-electron chi connectivity index (χ4n) is 3.55. The van der Waals surface area contributed by atoms with Crippen molar-refractivity contribution in [2.45, 2.75) is 45.7 Å². The highest BCUT2D eigenvalue weighted by molar-refractivity contribution is 7.15. The van der Waals surface area contributed by atoms with E-state index in [1.807, 2.05) is 6.20 Å². The number of nitrogens with one attached hydrogen (secondary N) is 1. The lowest BCUT2D eigenvalue weighted by molar-refractivity contribution is 0.244. The quantitative estimate of drug-likeness (QED) is 0.688. The third kappa shape index (κ3) is 4.31. The molecule has 0 unspecified atom stereocenters. The smallest absolute Gasteiger partial charge is 0.211 e. The second-order valence-corrected chi connectivity index (χ2v) is 7.99. The highest BCUT2D eigenvalue weighted by atomic mass is 32.1. The zero-order chi connectivity index (χ0) is 18.6. The Hall–Kier alpha value is -2.38. The summed E-state index contributed by atoms with van der Waals surface area (Å²) in [6, 6.07) is 9.04. The molecule has 0 saturated carbocycles. The molecule has 1 N–H and O–H groups in total. The Balaban J connectivity index is 1.50. The van der Waals surface area contributed by atoms with Crippen molar-refractivity contribution in [3.63, 3.8) is 0 Å². The van der Waals surface area contributed by atoms with E-state index in [0.29, 0.717) is 6.04 Å². The minimum absolute atomic E-state index is 0.306. The number of likely N-dealkylation sites (tertiary alicyclic amines) is 1. The van der Waals surface area contributed by atoms with Crippen LogP contribution in [0.15, 0.2) is 36.7 Å². The number of anilines is 2. The van der Waals surface area contributed by atoms with Crippen LogP contribution in [-0.2, 0) is 13.0 Å². The molecule has 140 valence electrons. The van der Waals surface area contributed by atoms with Gasteiger partial charge in [0.05, 0.1) is 24.1 Å². The molecule has 0 spiro atoms. The molecule has 0 aliphatic carbocycles. The number of hydrogen-bond donors (Lipinski definition) is 1. The SMILES string of the molecule is CCc1nnc(Nc2cncc([C@H]3CCCN3Cc3cccc(C)c3)n2)s1. The van der Waals surface area contributed by atoms with Gasteiger partial charge < -0.3 is 5.32 Å². The summed E-state index contributed by atoms with van der Waals surface area (Å²) in [5.41, 5.74) is 3.67. The molecule has 1 fully saturated rings. The van der Waals surface area contributed by atoms with Gasteiger partial charge in [0.15, 0.2) is 5.82 Å². The van der Waals surface area contributed by atoms with Gasteiger partial charge in [0, 0.05) is 6.54 Å². The summed E-state index contributed by atoms with van der Waals surface area (Å²) in [6.45, 7) is 6.26. The molecule has 0 bridgehead atoms. The lowest BCUT2D eigenvalue weighted by Gasteiger charge is -2.24. The summed E-state index contributed by atoms with van der Waals surface area (Å²) in [6.07, 6.45) is 6.83. The van der Waals surface area contributed by atoms with E-state index in [2.05, 4.69) is 63.5 Å². The monoisotopic (exact) mass is 380 g/mol. The molecule has 1 aliphatic rings. The van der Waals surface area contributed by atoms with Crippen LogP contribution in [0, 0.1) is 6.92 Å². The van der Waals surface area contributed by atoms with Crippen molar-refractivity contribution >= 4 is 22.3 Å². The number of nitrogens with zero attached hydrogens (tertiary/aromatic N) is 5. The fourth-order valence-corrected chi connectivity index (χ4v) is 4.24.